The van der Waals surface area contributed by atoms with Crippen LogP contribution in [0.3, 0.4) is 0 Å². The zero-order valence-corrected chi connectivity index (χ0v) is 20.6. The van der Waals surface area contributed by atoms with Crippen molar-refractivity contribution in [1.82, 2.24) is 4.37 Å². The molecule has 0 amide bonds. The van der Waals surface area contributed by atoms with Crippen LogP contribution in [0.25, 0.3) is 0 Å². The predicted molar refractivity (Wildman–Crippen MR) is 139 cm³/mol. The Bertz CT molecular complexity index is 1240. The number of hydrogen-bond donors (Lipinski definition) is 1. The maximum atomic E-state index is 11.9. The second-order valence-electron chi connectivity index (χ2n) is 8.73. The van der Waals surface area contributed by atoms with Crippen molar-refractivity contribution in [3.05, 3.63) is 129 Å². The molecular weight excluding hydrogens is 474 g/mol. The van der Waals surface area contributed by atoms with E-state index in [1.807, 2.05) is 91.0 Å². The Hall–Kier alpha value is -3.07. The molecule has 0 unspecified atom stereocenters. The summed E-state index contributed by atoms with van der Waals surface area (Å²) in [5, 5.41) is 0. The second-order valence-corrected chi connectivity index (χ2v) is 9.61. The molecule has 0 aliphatic carbocycles. The monoisotopic (exact) mass is 503 g/mol. The highest BCUT2D eigenvalue weighted by Crippen LogP contribution is 2.39. The van der Waals surface area contributed by atoms with Crippen LogP contribution in [-0.2, 0) is 38.8 Å². The van der Waals surface area contributed by atoms with E-state index in [0.29, 0.717) is 26.4 Å². The molecule has 2 heterocycles. The van der Waals surface area contributed by atoms with Gasteiger partial charge < -0.3 is 18.9 Å². The molecule has 4 atom stereocenters. The fraction of sp³-hybridized carbons (Fsp3) is 0.276. The molecule has 4 aromatic rings. The van der Waals surface area contributed by atoms with E-state index < -0.39 is 12.2 Å². The largest absolute Gasteiger partial charge is 0.374 e. The van der Waals surface area contributed by atoms with Crippen LogP contribution in [-0.4, -0.2) is 29.3 Å². The van der Waals surface area contributed by atoms with Crippen LogP contribution in [0, 0.1) is 0 Å². The zero-order chi connectivity index (χ0) is 24.6. The van der Waals surface area contributed by atoms with Gasteiger partial charge in [0.25, 0.3) is 5.56 Å². The van der Waals surface area contributed by atoms with E-state index >= 15 is 0 Å². The summed E-state index contributed by atoms with van der Waals surface area (Å²) in [6.07, 6.45) is -1.60. The van der Waals surface area contributed by atoms with Gasteiger partial charge in [0.2, 0.25) is 0 Å². The van der Waals surface area contributed by atoms with Gasteiger partial charge in [0, 0.05) is 6.07 Å². The lowest BCUT2D eigenvalue weighted by Gasteiger charge is -2.25. The van der Waals surface area contributed by atoms with Crippen LogP contribution < -0.4 is 5.56 Å². The zero-order valence-electron chi connectivity index (χ0n) is 19.8. The standard InChI is InChI=1S/C29H29NO5S/c31-26-16-25(36-30-26)28-29(34-19-23-14-8-3-9-15-23)27(33-18-22-12-6-2-7-13-22)24(35-28)20-32-17-21-10-4-1-5-11-21/h1-16,24,27-29H,17-20H2,(H,30,31)/t24-,27-,28+,29-/m1/s1. The minimum Gasteiger partial charge on any atom is -0.374 e. The molecule has 0 spiro atoms. The number of aromatic nitrogens is 1. The Labute approximate surface area is 214 Å². The molecule has 36 heavy (non-hydrogen) atoms. The fourth-order valence-electron chi connectivity index (χ4n) is 4.31. The number of hydrogen-bond acceptors (Lipinski definition) is 6. The third-order valence-corrected chi connectivity index (χ3v) is 6.99. The molecule has 186 valence electrons. The minimum atomic E-state index is -0.441. The van der Waals surface area contributed by atoms with Gasteiger partial charge in [-0.1, -0.05) is 103 Å². The van der Waals surface area contributed by atoms with E-state index in [1.165, 1.54) is 11.5 Å². The fourth-order valence-corrected chi connectivity index (χ4v) is 5.06. The molecule has 1 aliphatic heterocycles. The van der Waals surface area contributed by atoms with Gasteiger partial charge >= 0.3 is 0 Å². The van der Waals surface area contributed by atoms with E-state index in [2.05, 4.69) is 4.37 Å². The van der Waals surface area contributed by atoms with Gasteiger partial charge in [-0.25, -0.2) is 0 Å². The Balaban J connectivity index is 1.36. The number of rotatable bonds is 11. The second kappa shape index (κ2) is 12.3. The van der Waals surface area contributed by atoms with Gasteiger partial charge in [-0.05, 0) is 16.7 Å². The lowest BCUT2D eigenvalue weighted by Crippen LogP contribution is -2.37. The average molecular weight is 504 g/mol. The van der Waals surface area contributed by atoms with Crippen molar-refractivity contribution in [3.8, 4) is 0 Å². The Morgan fingerprint density at radius 2 is 1.25 bits per heavy atom. The molecule has 3 aromatic carbocycles. The molecule has 1 N–H and O–H groups in total. The van der Waals surface area contributed by atoms with Gasteiger partial charge in [0.1, 0.15) is 24.4 Å². The third kappa shape index (κ3) is 6.37. The average Bonchev–Trinajstić information content (AvgIpc) is 3.51. The lowest BCUT2D eigenvalue weighted by atomic mass is 10.1. The van der Waals surface area contributed by atoms with Crippen molar-refractivity contribution in [3.63, 3.8) is 0 Å². The predicted octanol–water partition coefficient (Wildman–Crippen LogP) is 5.26. The molecule has 6 nitrogen and oxygen atoms in total. The van der Waals surface area contributed by atoms with Crippen molar-refractivity contribution in [2.24, 2.45) is 0 Å². The Kier molecular flexibility index (Phi) is 8.38. The first-order valence-electron chi connectivity index (χ1n) is 12.0. The molecule has 1 aromatic heterocycles. The van der Waals surface area contributed by atoms with Crippen LogP contribution in [0.2, 0.25) is 0 Å². The van der Waals surface area contributed by atoms with Gasteiger partial charge in [-0.3, -0.25) is 9.17 Å². The van der Waals surface area contributed by atoms with E-state index in [4.69, 9.17) is 18.9 Å². The summed E-state index contributed by atoms with van der Waals surface area (Å²) in [4.78, 5) is 12.7. The van der Waals surface area contributed by atoms with Gasteiger partial charge in [-0.2, -0.15) is 0 Å². The number of ether oxygens (including phenoxy) is 4. The molecule has 0 radical (unpaired) electrons. The summed E-state index contributed by atoms with van der Waals surface area (Å²) in [5.41, 5.74) is 3.07. The van der Waals surface area contributed by atoms with Gasteiger partial charge in [0.15, 0.2) is 0 Å². The summed E-state index contributed by atoms with van der Waals surface area (Å²) < 4.78 is 28.2. The summed E-state index contributed by atoms with van der Waals surface area (Å²) >= 11 is 1.27. The highest BCUT2D eigenvalue weighted by Gasteiger charge is 2.47. The SMILES string of the molecule is O=c1cc([C@@H]2O[C@H](COCc3ccccc3)[C@@H](OCc3ccccc3)[C@H]2OCc2ccccc2)s[nH]1. The Morgan fingerprint density at radius 3 is 1.78 bits per heavy atom. The van der Waals surface area contributed by atoms with E-state index in [1.54, 1.807) is 6.07 Å². The first kappa shape index (κ1) is 24.6. The third-order valence-electron chi connectivity index (χ3n) is 6.10. The number of nitrogens with one attached hydrogen (secondary N) is 1. The number of benzene rings is 3. The number of aromatic amines is 1. The van der Waals surface area contributed by atoms with Crippen molar-refractivity contribution in [2.45, 2.75) is 44.2 Å². The summed E-state index contributed by atoms with van der Waals surface area (Å²) in [7, 11) is 0. The summed E-state index contributed by atoms with van der Waals surface area (Å²) in [6.45, 7) is 1.65. The normalized spacial score (nSPS) is 21.6. The van der Waals surface area contributed by atoms with E-state index in [9.17, 15) is 4.79 Å². The molecule has 1 saturated heterocycles. The van der Waals surface area contributed by atoms with Crippen LogP contribution in [0.1, 0.15) is 27.7 Å². The highest BCUT2D eigenvalue weighted by atomic mass is 32.1. The van der Waals surface area contributed by atoms with Gasteiger partial charge in [0.05, 0.1) is 31.3 Å². The van der Waals surface area contributed by atoms with Crippen LogP contribution in [0.5, 0.6) is 0 Å². The maximum Gasteiger partial charge on any atom is 0.258 e. The van der Waals surface area contributed by atoms with Crippen molar-refractivity contribution in [2.75, 3.05) is 6.61 Å². The first-order chi connectivity index (χ1) is 17.8. The van der Waals surface area contributed by atoms with Gasteiger partial charge in [-0.15, -0.1) is 0 Å². The van der Waals surface area contributed by atoms with Crippen molar-refractivity contribution < 1.29 is 18.9 Å². The minimum absolute atomic E-state index is 0.147. The van der Waals surface area contributed by atoms with Crippen LogP contribution >= 0.6 is 11.5 Å². The van der Waals surface area contributed by atoms with Crippen LogP contribution in [0.15, 0.2) is 102 Å². The quantitative estimate of drug-likeness (QED) is 0.302. The molecule has 5 rings (SSSR count). The first-order valence-corrected chi connectivity index (χ1v) is 12.8. The molecule has 0 saturated carbocycles. The lowest BCUT2D eigenvalue weighted by molar-refractivity contribution is -0.0898. The van der Waals surface area contributed by atoms with E-state index in [0.717, 1.165) is 21.6 Å². The van der Waals surface area contributed by atoms with Crippen molar-refractivity contribution >= 4 is 11.5 Å². The van der Waals surface area contributed by atoms with E-state index in [-0.39, 0.29) is 17.8 Å². The maximum absolute atomic E-state index is 11.9. The van der Waals surface area contributed by atoms with Crippen molar-refractivity contribution in [1.29, 1.82) is 0 Å². The summed E-state index contributed by atoms with van der Waals surface area (Å²) in [5.74, 6) is 0. The smallest absolute Gasteiger partial charge is 0.258 e. The molecule has 0 bridgehead atoms. The summed E-state index contributed by atoms with van der Waals surface area (Å²) in [6, 6.07) is 31.7. The van der Waals surface area contributed by atoms with Crippen LogP contribution in [0.4, 0.5) is 0 Å². The topological polar surface area (TPSA) is 69.8 Å². The highest BCUT2D eigenvalue weighted by molar-refractivity contribution is 7.05. The molecule has 1 fully saturated rings. The molecular formula is C29H29NO5S. The Morgan fingerprint density at radius 1 is 0.722 bits per heavy atom. The molecule has 7 heteroatoms. The number of H-pyrrole nitrogens is 1. The molecule has 1 aliphatic rings.